The summed E-state index contributed by atoms with van der Waals surface area (Å²) in [6.07, 6.45) is 0.363. The molecule has 0 bridgehead atoms. The third-order valence-electron chi connectivity index (χ3n) is 5.41. The topological polar surface area (TPSA) is 34.1 Å². The van der Waals surface area contributed by atoms with E-state index in [2.05, 4.69) is 0 Å². The fraction of sp³-hybridized carbons (Fsp3) is 0.208. The molecule has 2 heterocycles. The Kier molecular flexibility index (Phi) is 5.05. The van der Waals surface area contributed by atoms with Crippen molar-refractivity contribution in [1.29, 1.82) is 0 Å². The summed E-state index contributed by atoms with van der Waals surface area (Å²) in [6.45, 7) is 2.56. The molecule has 2 aliphatic rings. The van der Waals surface area contributed by atoms with Crippen LogP contribution in [-0.2, 0) is 0 Å². The van der Waals surface area contributed by atoms with Gasteiger partial charge in [0.05, 0.1) is 23.9 Å². The molecule has 4 nitrogen and oxygen atoms in total. The van der Waals surface area contributed by atoms with Crippen LogP contribution in [-0.4, -0.2) is 17.3 Å². The first-order valence-corrected chi connectivity index (χ1v) is 10.7. The lowest BCUT2D eigenvalue weighted by Crippen LogP contribution is -2.34. The third-order valence-corrected chi connectivity index (χ3v) is 5.90. The summed E-state index contributed by atoms with van der Waals surface area (Å²) in [7, 11) is 0. The normalized spacial score (nSPS) is 19.6. The van der Waals surface area contributed by atoms with Crippen molar-refractivity contribution in [1.82, 2.24) is 5.01 Å². The van der Waals surface area contributed by atoms with Crippen molar-refractivity contribution >= 4 is 28.9 Å². The lowest BCUT2D eigenvalue weighted by Gasteiger charge is -2.38. The Bertz CT molecular complexity index is 1110. The highest BCUT2D eigenvalue weighted by Gasteiger charge is 2.42. The SMILES string of the molecule is CCOc1ccccc1[C@@H]1Oc2ccc(Cl)cc2[C@@H]2CC(c3ccc(Cl)cc3)=NN21. The molecule has 152 valence electrons. The van der Waals surface area contributed by atoms with E-state index in [0.717, 1.165) is 40.3 Å². The lowest BCUT2D eigenvalue weighted by atomic mass is 9.96. The number of para-hydroxylation sites is 1. The van der Waals surface area contributed by atoms with Gasteiger partial charge in [0, 0.05) is 22.0 Å². The largest absolute Gasteiger partial charge is 0.493 e. The van der Waals surface area contributed by atoms with Crippen LogP contribution in [0.3, 0.4) is 0 Å². The maximum absolute atomic E-state index is 6.44. The van der Waals surface area contributed by atoms with Crippen LogP contribution in [0.15, 0.2) is 71.8 Å². The Morgan fingerprint density at radius 1 is 1.00 bits per heavy atom. The lowest BCUT2D eigenvalue weighted by molar-refractivity contribution is -0.0205. The van der Waals surface area contributed by atoms with Crippen molar-refractivity contribution in [3.63, 3.8) is 0 Å². The zero-order valence-electron chi connectivity index (χ0n) is 16.4. The minimum atomic E-state index is -0.392. The summed E-state index contributed by atoms with van der Waals surface area (Å²) in [4.78, 5) is 0. The molecule has 0 radical (unpaired) electrons. The zero-order valence-corrected chi connectivity index (χ0v) is 17.9. The number of hydrogen-bond acceptors (Lipinski definition) is 4. The monoisotopic (exact) mass is 438 g/mol. The Morgan fingerprint density at radius 3 is 2.57 bits per heavy atom. The Labute approximate surface area is 185 Å². The van der Waals surface area contributed by atoms with Gasteiger partial charge in [-0.15, -0.1) is 0 Å². The molecule has 2 atom stereocenters. The maximum Gasteiger partial charge on any atom is 0.217 e. The van der Waals surface area contributed by atoms with Crippen molar-refractivity contribution in [2.24, 2.45) is 5.10 Å². The summed E-state index contributed by atoms with van der Waals surface area (Å²) in [6, 6.07) is 21.5. The van der Waals surface area contributed by atoms with Gasteiger partial charge in [0.2, 0.25) is 6.23 Å². The predicted molar refractivity (Wildman–Crippen MR) is 120 cm³/mol. The summed E-state index contributed by atoms with van der Waals surface area (Å²) in [5, 5.41) is 8.40. The third kappa shape index (κ3) is 3.40. The van der Waals surface area contributed by atoms with Gasteiger partial charge >= 0.3 is 0 Å². The number of halogens is 2. The summed E-state index contributed by atoms with van der Waals surface area (Å²) < 4.78 is 12.3. The number of hydrazone groups is 1. The van der Waals surface area contributed by atoms with Crippen LogP contribution in [0.5, 0.6) is 11.5 Å². The minimum Gasteiger partial charge on any atom is -0.493 e. The Hall–Kier alpha value is -2.69. The van der Waals surface area contributed by atoms with E-state index in [4.69, 9.17) is 37.8 Å². The van der Waals surface area contributed by atoms with Gasteiger partial charge in [-0.1, -0.05) is 47.5 Å². The van der Waals surface area contributed by atoms with Crippen molar-refractivity contribution in [3.05, 3.63) is 93.5 Å². The van der Waals surface area contributed by atoms with E-state index in [1.54, 1.807) is 0 Å². The molecule has 2 aliphatic heterocycles. The van der Waals surface area contributed by atoms with Crippen LogP contribution in [0.2, 0.25) is 10.0 Å². The van der Waals surface area contributed by atoms with Gasteiger partial charge in [0.1, 0.15) is 11.5 Å². The molecule has 0 unspecified atom stereocenters. The van der Waals surface area contributed by atoms with Crippen LogP contribution in [0, 0.1) is 0 Å². The van der Waals surface area contributed by atoms with Gasteiger partial charge in [-0.3, -0.25) is 0 Å². The number of rotatable bonds is 4. The molecule has 0 aromatic heterocycles. The molecule has 0 N–H and O–H groups in total. The van der Waals surface area contributed by atoms with Crippen molar-refractivity contribution in [2.75, 3.05) is 6.61 Å². The van der Waals surface area contributed by atoms with Crippen molar-refractivity contribution in [2.45, 2.75) is 25.6 Å². The van der Waals surface area contributed by atoms with Crippen LogP contribution >= 0.6 is 23.2 Å². The first-order chi connectivity index (χ1) is 14.6. The van der Waals surface area contributed by atoms with E-state index < -0.39 is 6.23 Å². The summed E-state index contributed by atoms with van der Waals surface area (Å²) in [5.41, 5.74) is 4.03. The van der Waals surface area contributed by atoms with Gasteiger partial charge in [-0.05, 0) is 55.0 Å². The highest BCUT2D eigenvalue weighted by molar-refractivity contribution is 6.31. The molecule has 5 rings (SSSR count). The average Bonchev–Trinajstić information content (AvgIpc) is 3.20. The molecule has 0 amide bonds. The van der Waals surface area contributed by atoms with E-state index in [9.17, 15) is 0 Å². The molecule has 0 spiro atoms. The van der Waals surface area contributed by atoms with Crippen LogP contribution in [0.4, 0.5) is 0 Å². The second-order valence-electron chi connectivity index (χ2n) is 7.28. The molecule has 0 fully saturated rings. The standard InChI is InChI=1S/C24H20Cl2N2O2/c1-2-29-22-6-4-3-5-18(22)24-28-21(19-13-17(26)11-12-23(19)30-24)14-20(27-28)15-7-9-16(25)10-8-15/h3-13,21,24H,2,14H2,1H3/t21-,24-/m0/s1. The van der Waals surface area contributed by atoms with Gasteiger partial charge < -0.3 is 9.47 Å². The van der Waals surface area contributed by atoms with Crippen molar-refractivity contribution < 1.29 is 9.47 Å². The molecule has 30 heavy (non-hydrogen) atoms. The Morgan fingerprint density at radius 2 is 1.77 bits per heavy atom. The zero-order chi connectivity index (χ0) is 20.7. The molecular weight excluding hydrogens is 419 g/mol. The van der Waals surface area contributed by atoms with Gasteiger partial charge in [-0.25, -0.2) is 5.01 Å². The highest BCUT2D eigenvalue weighted by Crippen LogP contribution is 2.49. The van der Waals surface area contributed by atoms with Crippen molar-refractivity contribution in [3.8, 4) is 11.5 Å². The van der Waals surface area contributed by atoms with E-state index in [-0.39, 0.29) is 6.04 Å². The van der Waals surface area contributed by atoms with Gasteiger partial charge in [0.25, 0.3) is 0 Å². The average molecular weight is 439 g/mol. The number of benzene rings is 3. The summed E-state index contributed by atoms with van der Waals surface area (Å²) >= 11 is 12.4. The highest BCUT2D eigenvalue weighted by atomic mass is 35.5. The first-order valence-electron chi connectivity index (χ1n) is 9.93. The summed E-state index contributed by atoms with van der Waals surface area (Å²) in [5.74, 6) is 1.63. The molecule has 3 aromatic carbocycles. The smallest absolute Gasteiger partial charge is 0.217 e. The molecular formula is C24H20Cl2N2O2. The number of ether oxygens (including phenoxy) is 2. The quantitative estimate of drug-likeness (QED) is 0.457. The van der Waals surface area contributed by atoms with Gasteiger partial charge in [-0.2, -0.15) is 5.10 Å². The van der Waals surface area contributed by atoms with E-state index in [1.807, 2.05) is 78.7 Å². The molecule has 6 heteroatoms. The van der Waals surface area contributed by atoms with Crippen LogP contribution in [0.25, 0.3) is 0 Å². The molecule has 0 aliphatic carbocycles. The van der Waals surface area contributed by atoms with E-state index in [1.165, 1.54) is 0 Å². The Balaban J connectivity index is 1.61. The molecule has 3 aromatic rings. The maximum atomic E-state index is 6.44. The predicted octanol–water partition coefficient (Wildman–Crippen LogP) is 6.63. The van der Waals surface area contributed by atoms with E-state index >= 15 is 0 Å². The number of fused-ring (bicyclic) bond motifs is 3. The second-order valence-corrected chi connectivity index (χ2v) is 8.15. The second kappa shape index (κ2) is 7.86. The first kappa shape index (κ1) is 19.3. The van der Waals surface area contributed by atoms with Crippen LogP contribution < -0.4 is 9.47 Å². The fourth-order valence-corrected chi connectivity index (χ4v) is 4.36. The van der Waals surface area contributed by atoms with Crippen LogP contribution in [0.1, 0.15) is 42.3 Å². The minimum absolute atomic E-state index is 0.0258. The molecule has 0 saturated heterocycles. The van der Waals surface area contributed by atoms with Gasteiger partial charge in [0.15, 0.2) is 0 Å². The number of nitrogens with zero attached hydrogens (tertiary/aromatic N) is 2. The fourth-order valence-electron chi connectivity index (χ4n) is 4.05. The molecule has 0 saturated carbocycles. The van der Waals surface area contributed by atoms with E-state index in [0.29, 0.717) is 16.7 Å². The number of hydrogen-bond donors (Lipinski definition) is 0.